The molecule has 1 aliphatic carbocycles. The largest absolute Gasteiger partial charge is 0.0835 e. The maximum absolute atomic E-state index is 2.46. The molecule has 1 aliphatic rings. The molecule has 0 aromatic rings. The molecular formula is C6H8I2. The van der Waals surface area contributed by atoms with Crippen LogP contribution in [0.5, 0.6) is 0 Å². The fraction of sp³-hybridized carbons (Fsp3) is 0.667. The van der Waals surface area contributed by atoms with Crippen LogP contribution in [0, 0.1) is 0 Å². The molecule has 0 unspecified atom stereocenters. The third kappa shape index (κ3) is 1.86. The molecule has 0 aromatic carbocycles. The lowest BCUT2D eigenvalue weighted by Gasteiger charge is -1.98. The van der Waals surface area contributed by atoms with Gasteiger partial charge >= 0.3 is 0 Å². The van der Waals surface area contributed by atoms with E-state index in [2.05, 4.69) is 51.3 Å². The van der Waals surface area contributed by atoms with Crippen molar-refractivity contribution in [1.82, 2.24) is 0 Å². The van der Waals surface area contributed by atoms with Gasteiger partial charge in [-0.05, 0) is 19.3 Å². The summed E-state index contributed by atoms with van der Waals surface area (Å²) < 4.78 is 0.743. The van der Waals surface area contributed by atoms with Crippen LogP contribution in [-0.2, 0) is 0 Å². The molecule has 0 nitrogen and oxygen atoms in total. The van der Waals surface area contributed by atoms with Gasteiger partial charge in [0.25, 0.3) is 0 Å². The number of alkyl halides is 2. The minimum absolute atomic E-state index is 0.743. The topological polar surface area (TPSA) is 0 Å². The minimum atomic E-state index is 0.743. The fourth-order valence-electron chi connectivity index (χ4n) is 0.894. The van der Waals surface area contributed by atoms with Crippen LogP contribution in [0.3, 0.4) is 0 Å². The van der Waals surface area contributed by atoms with Gasteiger partial charge in [-0.15, -0.1) is 0 Å². The maximum atomic E-state index is 2.46. The van der Waals surface area contributed by atoms with Gasteiger partial charge in [0.2, 0.25) is 0 Å². The van der Waals surface area contributed by atoms with E-state index in [0.717, 1.165) is 1.93 Å². The van der Waals surface area contributed by atoms with E-state index in [1.54, 1.807) is 5.57 Å². The van der Waals surface area contributed by atoms with Crippen molar-refractivity contribution >= 4 is 45.2 Å². The smallest absolute Gasteiger partial charge is 0.0835 e. The Balaban J connectivity index is 2.45. The quantitative estimate of drug-likeness (QED) is 0.392. The molecule has 0 bridgehead atoms. The van der Waals surface area contributed by atoms with Gasteiger partial charge < -0.3 is 0 Å². The van der Waals surface area contributed by atoms with Crippen LogP contribution in [0.15, 0.2) is 11.6 Å². The van der Waals surface area contributed by atoms with Crippen LogP contribution in [0.1, 0.15) is 19.3 Å². The summed E-state index contributed by atoms with van der Waals surface area (Å²) in [6.45, 7) is 0. The first-order valence-electron chi connectivity index (χ1n) is 2.78. The van der Waals surface area contributed by atoms with Crippen molar-refractivity contribution in [2.75, 3.05) is 0 Å². The van der Waals surface area contributed by atoms with Crippen molar-refractivity contribution in [2.45, 2.75) is 21.2 Å². The summed E-state index contributed by atoms with van der Waals surface area (Å²) in [6.07, 6.45) is 6.43. The number of halogens is 2. The summed E-state index contributed by atoms with van der Waals surface area (Å²) in [4.78, 5) is 0. The van der Waals surface area contributed by atoms with Gasteiger partial charge in [0, 0.05) is 0 Å². The maximum Gasteiger partial charge on any atom is 0.0835 e. The number of rotatable bonds is 1. The normalized spacial score (nSPS) is 19.6. The molecule has 0 atom stereocenters. The van der Waals surface area contributed by atoms with E-state index in [1.807, 2.05) is 0 Å². The van der Waals surface area contributed by atoms with E-state index in [9.17, 15) is 0 Å². The van der Waals surface area contributed by atoms with Crippen LogP contribution < -0.4 is 0 Å². The minimum Gasteiger partial charge on any atom is -0.0835 e. The Hall–Kier alpha value is 1.20. The molecule has 0 fully saturated rings. The van der Waals surface area contributed by atoms with Crippen LogP contribution >= 0.6 is 45.2 Å². The van der Waals surface area contributed by atoms with Crippen molar-refractivity contribution in [1.29, 1.82) is 0 Å². The summed E-state index contributed by atoms with van der Waals surface area (Å²) in [5.74, 6) is 0. The lowest BCUT2D eigenvalue weighted by atomic mass is 10.3. The average molecular weight is 334 g/mol. The Bertz CT molecular complexity index is 105. The second kappa shape index (κ2) is 3.39. The predicted octanol–water partition coefficient (Wildman–Crippen LogP) is 3.29. The first-order valence-corrected chi connectivity index (χ1v) is 5.27. The zero-order valence-corrected chi connectivity index (χ0v) is 8.85. The first-order chi connectivity index (χ1) is 3.80. The highest BCUT2D eigenvalue weighted by Gasteiger charge is 2.09. The molecule has 0 radical (unpaired) electrons. The number of allylic oxidation sites excluding steroid dienone is 2. The highest BCUT2D eigenvalue weighted by molar-refractivity contribution is 14.2. The molecule has 0 saturated heterocycles. The van der Waals surface area contributed by atoms with E-state index in [4.69, 9.17) is 0 Å². The molecule has 8 heavy (non-hydrogen) atoms. The summed E-state index contributed by atoms with van der Waals surface area (Å²) in [5.41, 5.74) is 1.64. The van der Waals surface area contributed by atoms with Gasteiger partial charge in [0.15, 0.2) is 0 Å². The van der Waals surface area contributed by atoms with Crippen molar-refractivity contribution in [3.8, 4) is 0 Å². The average Bonchev–Trinajstić information content (AvgIpc) is 2.12. The van der Waals surface area contributed by atoms with E-state index >= 15 is 0 Å². The van der Waals surface area contributed by atoms with Crippen molar-refractivity contribution in [3.63, 3.8) is 0 Å². The molecule has 0 aromatic heterocycles. The summed E-state index contributed by atoms with van der Waals surface area (Å²) >= 11 is 4.93. The molecule has 0 aliphatic heterocycles. The number of hydrogen-bond acceptors (Lipinski definition) is 0. The molecule has 0 amide bonds. The molecule has 1 rings (SSSR count). The lowest BCUT2D eigenvalue weighted by molar-refractivity contribution is 0.908. The Labute approximate surface area is 77.4 Å². The predicted molar refractivity (Wildman–Crippen MR) is 53.8 cm³/mol. The second-order valence-corrected chi connectivity index (χ2v) is 6.85. The Morgan fingerprint density at radius 3 is 2.50 bits per heavy atom. The molecule has 0 spiro atoms. The summed E-state index contributed by atoms with van der Waals surface area (Å²) in [6, 6.07) is 0. The zero-order chi connectivity index (χ0) is 5.98. The van der Waals surface area contributed by atoms with Gasteiger partial charge in [0.1, 0.15) is 0 Å². The first kappa shape index (κ1) is 7.31. The highest BCUT2D eigenvalue weighted by Crippen LogP contribution is 2.29. The van der Waals surface area contributed by atoms with E-state index in [0.29, 0.717) is 0 Å². The number of hydrogen-bond donors (Lipinski definition) is 0. The van der Waals surface area contributed by atoms with Gasteiger partial charge in [-0.2, -0.15) is 0 Å². The lowest BCUT2D eigenvalue weighted by Crippen LogP contribution is -1.85. The Kier molecular flexibility index (Phi) is 3.10. The van der Waals surface area contributed by atoms with E-state index < -0.39 is 0 Å². The van der Waals surface area contributed by atoms with E-state index in [-0.39, 0.29) is 0 Å². The highest BCUT2D eigenvalue weighted by atomic mass is 127. The van der Waals surface area contributed by atoms with Crippen molar-refractivity contribution in [3.05, 3.63) is 11.6 Å². The van der Waals surface area contributed by atoms with Gasteiger partial charge in [-0.25, -0.2) is 0 Å². The zero-order valence-electron chi connectivity index (χ0n) is 4.53. The van der Waals surface area contributed by atoms with Gasteiger partial charge in [-0.3, -0.25) is 0 Å². The molecule has 0 N–H and O–H groups in total. The van der Waals surface area contributed by atoms with Crippen molar-refractivity contribution < 1.29 is 0 Å². The third-order valence-electron chi connectivity index (χ3n) is 1.36. The third-order valence-corrected chi connectivity index (χ3v) is 2.96. The van der Waals surface area contributed by atoms with Crippen LogP contribution in [0.25, 0.3) is 0 Å². The summed E-state index contributed by atoms with van der Waals surface area (Å²) in [7, 11) is 0. The SMILES string of the molecule is IC(I)C1=CCCC1. The molecule has 2 heteroatoms. The van der Waals surface area contributed by atoms with Crippen LogP contribution in [0.4, 0.5) is 0 Å². The molecule has 0 saturated carbocycles. The fourth-order valence-corrected chi connectivity index (χ4v) is 2.03. The van der Waals surface area contributed by atoms with Crippen LogP contribution in [0.2, 0.25) is 0 Å². The molecular weight excluding hydrogens is 326 g/mol. The Morgan fingerprint density at radius 2 is 2.25 bits per heavy atom. The van der Waals surface area contributed by atoms with Gasteiger partial charge in [0.05, 0.1) is 1.93 Å². The Morgan fingerprint density at radius 1 is 1.50 bits per heavy atom. The van der Waals surface area contributed by atoms with E-state index in [1.165, 1.54) is 19.3 Å². The van der Waals surface area contributed by atoms with Crippen LogP contribution in [-0.4, -0.2) is 1.93 Å². The second-order valence-electron chi connectivity index (χ2n) is 1.97. The monoisotopic (exact) mass is 334 g/mol. The summed E-state index contributed by atoms with van der Waals surface area (Å²) in [5, 5.41) is 0. The molecule has 46 valence electrons. The van der Waals surface area contributed by atoms with Crippen molar-refractivity contribution in [2.24, 2.45) is 0 Å². The molecule has 0 heterocycles. The van der Waals surface area contributed by atoms with Gasteiger partial charge in [-0.1, -0.05) is 56.8 Å². The standard InChI is InChI=1S/C6H8I2/c7-6(8)5-3-1-2-4-5/h3,6H,1-2,4H2.